The average Bonchev–Trinajstić information content (AvgIpc) is 3.06. The van der Waals surface area contributed by atoms with Gasteiger partial charge in [-0.1, -0.05) is 24.3 Å². The molecule has 3 heteroatoms. The van der Waals surface area contributed by atoms with Crippen LogP contribution in [0.1, 0.15) is 36.8 Å². The van der Waals surface area contributed by atoms with Crippen molar-refractivity contribution in [1.29, 1.82) is 0 Å². The fraction of sp³-hybridized carbons (Fsp3) is 0.471. The summed E-state index contributed by atoms with van der Waals surface area (Å²) in [6, 6.07) is 11.6. The number of nitrogens with one attached hydrogen (secondary N) is 1. The molecule has 20 heavy (non-hydrogen) atoms. The van der Waals surface area contributed by atoms with Crippen LogP contribution in [0, 0.1) is 5.41 Å². The maximum Gasteiger partial charge on any atom is 0.0659 e. The molecule has 0 aliphatic heterocycles. The zero-order valence-corrected chi connectivity index (χ0v) is 11.8. The number of rotatable bonds is 5. The van der Waals surface area contributed by atoms with Gasteiger partial charge in [0.05, 0.1) is 6.54 Å². The van der Waals surface area contributed by atoms with Crippen molar-refractivity contribution in [3.63, 3.8) is 0 Å². The van der Waals surface area contributed by atoms with Crippen molar-refractivity contribution in [2.75, 3.05) is 0 Å². The molecule has 2 aliphatic carbocycles. The van der Waals surface area contributed by atoms with Crippen LogP contribution in [-0.4, -0.2) is 15.8 Å². The molecule has 2 aliphatic rings. The lowest BCUT2D eigenvalue weighted by Gasteiger charge is -2.36. The summed E-state index contributed by atoms with van der Waals surface area (Å²) in [5.74, 6) is 0. The van der Waals surface area contributed by atoms with E-state index < -0.39 is 0 Å². The summed E-state index contributed by atoms with van der Waals surface area (Å²) in [6.45, 7) is 1.85. The summed E-state index contributed by atoms with van der Waals surface area (Å²) < 4.78 is 1.97. The Morgan fingerprint density at radius 1 is 1.20 bits per heavy atom. The van der Waals surface area contributed by atoms with E-state index in [1.54, 1.807) is 0 Å². The molecule has 0 unspecified atom stereocenters. The molecule has 1 heterocycles. The molecule has 104 valence electrons. The normalized spacial score (nSPS) is 20.0. The highest BCUT2D eigenvalue weighted by Crippen LogP contribution is 2.60. The van der Waals surface area contributed by atoms with E-state index in [9.17, 15) is 0 Å². The molecule has 2 saturated carbocycles. The highest BCUT2D eigenvalue weighted by atomic mass is 15.3. The van der Waals surface area contributed by atoms with Crippen LogP contribution in [0.2, 0.25) is 0 Å². The largest absolute Gasteiger partial charge is 0.310 e. The Balaban J connectivity index is 1.33. The maximum absolute atomic E-state index is 4.26. The maximum atomic E-state index is 4.26. The SMILES string of the molecule is c1cc(CNC2CC3(CC3)C2)cc(Cn2cccn2)c1. The van der Waals surface area contributed by atoms with Crippen molar-refractivity contribution in [1.82, 2.24) is 15.1 Å². The molecule has 1 spiro atoms. The van der Waals surface area contributed by atoms with Crippen LogP contribution in [-0.2, 0) is 13.1 Å². The first-order valence-electron chi connectivity index (χ1n) is 7.60. The van der Waals surface area contributed by atoms with Gasteiger partial charge in [-0.15, -0.1) is 0 Å². The van der Waals surface area contributed by atoms with Gasteiger partial charge in [0.15, 0.2) is 0 Å². The molecule has 2 aromatic rings. The molecule has 0 atom stereocenters. The van der Waals surface area contributed by atoms with Gasteiger partial charge in [0.1, 0.15) is 0 Å². The number of hydrogen-bond acceptors (Lipinski definition) is 2. The van der Waals surface area contributed by atoms with Gasteiger partial charge < -0.3 is 5.32 Å². The van der Waals surface area contributed by atoms with Crippen LogP contribution in [0.15, 0.2) is 42.7 Å². The van der Waals surface area contributed by atoms with E-state index in [0.29, 0.717) is 0 Å². The number of hydrogen-bond donors (Lipinski definition) is 1. The molecule has 0 radical (unpaired) electrons. The molecule has 1 aromatic carbocycles. The second-order valence-electron chi connectivity index (χ2n) is 6.51. The number of aromatic nitrogens is 2. The monoisotopic (exact) mass is 267 g/mol. The second kappa shape index (κ2) is 4.74. The van der Waals surface area contributed by atoms with Crippen LogP contribution < -0.4 is 5.32 Å². The predicted molar refractivity (Wildman–Crippen MR) is 79.3 cm³/mol. The van der Waals surface area contributed by atoms with E-state index in [-0.39, 0.29) is 0 Å². The topological polar surface area (TPSA) is 29.9 Å². The molecule has 0 bridgehead atoms. The first kappa shape index (κ1) is 12.2. The first-order valence-corrected chi connectivity index (χ1v) is 7.60. The van der Waals surface area contributed by atoms with Gasteiger partial charge in [0, 0.05) is 25.0 Å². The lowest BCUT2D eigenvalue weighted by molar-refractivity contribution is 0.198. The van der Waals surface area contributed by atoms with Gasteiger partial charge in [-0.3, -0.25) is 4.68 Å². The van der Waals surface area contributed by atoms with E-state index in [0.717, 1.165) is 24.5 Å². The second-order valence-corrected chi connectivity index (χ2v) is 6.51. The van der Waals surface area contributed by atoms with Gasteiger partial charge in [-0.2, -0.15) is 5.10 Å². The zero-order valence-electron chi connectivity index (χ0n) is 11.8. The third-order valence-electron chi connectivity index (χ3n) is 4.81. The molecule has 2 fully saturated rings. The van der Waals surface area contributed by atoms with E-state index in [2.05, 4.69) is 34.7 Å². The van der Waals surface area contributed by atoms with E-state index >= 15 is 0 Å². The van der Waals surface area contributed by atoms with E-state index in [4.69, 9.17) is 0 Å². The minimum atomic E-state index is 0.757. The van der Waals surface area contributed by atoms with Crippen LogP contribution >= 0.6 is 0 Å². The van der Waals surface area contributed by atoms with Gasteiger partial charge in [0.2, 0.25) is 0 Å². The fourth-order valence-electron chi connectivity index (χ4n) is 3.40. The average molecular weight is 267 g/mol. The Hall–Kier alpha value is -1.61. The molecular formula is C17H21N3. The Labute approximate surface area is 120 Å². The molecule has 3 nitrogen and oxygen atoms in total. The van der Waals surface area contributed by atoms with Gasteiger partial charge in [-0.05, 0) is 48.3 Å². The summed E-state index contributed by atoms with van der Waals surface area (Å²) in [5.41, 5.74) is 3.49. The Morgan fingerprint density at radius 2 is 2.05 bits per heavy atom. The highest BCUT2D eigenvalue weighted by molar-refractivity contribution is 5.24. The van der Waals surface area contributed by atoms with Gasteiger partial charge >= 0.3 is 0 Å². The van der Waals surface area contributed by atoms with Crippen molar-refractivity contribution < 1.29 is 0 Å². The summed E-state index contributed by atoms with van der Waals surface area (Å²) in [7, 11) is 0. The molecule has 1 N–H and O–H groups in total. The van der Waals surface area contributed by atoms with Crippen LogP contribution in [0.3, 0.4) is 0 Å². The van der Waals surface area contributed by atoms with Gasteiger partial charge in [-0.25, -0.2) is 0 Å². The Bertz CT molecular complexity index is 576. The van der Waals surface area contributed by atoms with E-state index in [1.807, 2.05) is 23.1 Å². The van der Waals surface area contributed by atoms with Crippen molar-refractivity contribution in [3.05, 3.63) is 53.9 Å². The van der Waals surface area contributed by atoms with Crippen molar-refractivity contribution in [3.8, 4) is 0 Å². The minimum absolute atomic E-state index is 0.757. The Kier molecular flexibility index (Phi) is 2.88. The lowest BCUT2D eigenvalue weighted by atomic mass is 9.77. The van der Waals surface area contributed by atoms with Crippen LogP contribution in [0.5, 0.6) is 0 Å². The summed E-state index contributed by atoms with van der Waals surface area (Å²) in [4.78, 5) is 0. The Morgan fingerprint density at radius 3 is 2.80 bits per heavy atom. The van der Waals surface area contributed by atoms with Crippen LogP contribution in [0.25, 0.3) is 0 Å². The van der Waals surface area contributed by atoms with Crippen LogP contribution in [0.4, 0.5) is 0 Å². The van der Waals surface area contributed by atoms with Crippen molar-refractivity contribution in [2.45, 2.75) is 44.8 Å². The van der Waals surface area contributed by atoms with Crippen molar-refractivity contribution in [2.24, 2.45) is 5.41 Å². The lowest BCUT2D eigenvalue weighted by Crippen LogP contribution is -2.41. The highest BCUT2D eigenvalue weighted by Gasteiger charge is 2.52. The first-order chi connectivity index (χ1) is 9.81. The quantitative estimate of drug-likeness (QED) is 0.902. The predicted octanol–water partition coefficient (Wildman–Crippen LogP) is 2.96. The third-order valence-corrected chi connectivity index (χ3v) is 4.81. The zero-order chi connectivity index (χ0) is 13.4. The summed E-state index contributed by atoms with van der Waals surface area (Å²) >= 11 is 0. The molecule has 0 saturated heterocycles. The molecule has 1 aromatic heterocycles. The molecular weight excluding hydrogens is 246 g/mol. The minimum Gasteiger partial charge on any atom is -0.310 e. The fourth-order valence-corrected chi connectivity index (χ4v) is 3.40. The smallest absolute Gasteiger partial charge is 0.0659 e. The molecule has 4 rings (SSSR count). The number of benzene rings is 1. The summed E-state index contributed by atoms with van der Waals surface area (Å²) in [6.07, 6.45) is 9.60. The standard InChI is InChI=1S/C17H21N3/c1-3-14(12-18-16-10-17(11-16)5-6-17)9-15(4-1)13-20-8-2-7-19-20/h1-4,7-9,16,18H,5-6,10-13H2. The molecule has 0 amide bonds. The summed E-state index contributed by atoms with van der Waals surface area (Å²) in [5, 5.41) is 7.96. The van der Waals surface area contributed by atoms with Crippen molar-refractivity contribution >= 4 is 0 Å². The number of nitrogens with zero attached hydrogens (tertiary/aromatic N) is 2. The third kappa shape index (κ3) is 2.50. The van der Waals surface area contributed by atoms with Gasteiger partial charge in [0.25, 0.3) is 0 Å². The van der Waals surface area contributed by atoms with E-state index in [1.165, 1.54) is 36.8 Å².